The van der Waals surface area contributed by atoms with Gasteiger partial charge in [0.2, 0.25) is 0 Å². The smallest absolute Gasteiger partial charge is 0.264 e. The first-order valence-corrected chi connectivity index (χ1v) is 8.33. The summed E-state index contributed by atoms with van der Waals surface area (Å²) in [5.74, 6) is -0.243. The fraction of sp³-hybridized carbons (Fsp3) is 0.571. The van der Waals surface area contributed by atoms with Crippen LogP contribution in [0.4, 0.5) is 0 Å². The van der Waals surface area contributed by atoms with E-state index in [-0.39, 0.29) is 5.75 Å². The van der Waals surface area contributed by atoms with Gasteiger partial charge in [-0.1, -0.05) is 30.3 Å². The zero-order chi connectivity index (χ0) is 14.7. The van der Waals surface area contributed by atoms with Crippen LogP contribution in [0, 0.1) is 0 Å². The summed E-state index contributed by atoms with van der Waals surface area (Å²) in [6.07, 6.45) is 2.11. The van der Waals surface area contributed by atoms with Gasteiger partial charge in [0.1, 0.15) is 0 Å². The number of rotatable bonds is 11. The molecule has 0 spiro atoms. The van der Waals surface area contributed by atoms with Gasteiger partial charge < -0.3 is 9.47 Å². The van der Waals surface area contributed by atoms with Gasteiger partial charge >= 0.3 is 0 Å². The summed E-state index contributed by atoms with van der Waals surface area (Å²) in [5, 5.41) is 0. The maximum absolute atomic E-state index is 10.4. The molecule has 1 rings (SSSR count). The van der Waals surface area contributed by atoms with Gasteiger partial charge in [0.15, 0.2) is 0 Å². The van der Waals surface area contributed by atoms with Crippen LogP contribution in [0.2, 0.25) is 0 Å². The van der Waals surface area contributed by atoms with Crippen LogP contribution in [-0.2, 0) is 26.2 Å². The van der Waals surface area contributed by atoms with E-state index < -0.39 is 10.1 Å². The molecule has 0 saturated carbocycles. The molecule has 0 bridgehead atoms. The first-order chi connectivity index (χ1) is 9.58. The van der Waals surface area contributed by atoms with Gasteiger partial charge in [0.25, 0.3) is 10.1 Å². The van der Waals surface area contributed by atoms with E-state index >= 15 is 0 Å². The van der Waals surface area contributed by atoms with Gasteiger partial charge in [-0.3, -0.25) is 4.55 Å². The SMILES string of the molecule is O=S(=O)(O)CCCOCCCCOCc1ccccc1. The molecule has 0 unspecified atom stereocenters. The van der Waals surface area contributed by atoms with Crippen molar-refractivity contribution in [3.05, 3.63) is 35.9 Å². The van der Waals surface area contributed by atoms with Crippen LogP contribution in [0.25, 0.3) is 0 Å². The fourth-order valence-corrected chi connectivity index (χ4v) is 2.10. The van der Waals surface area contributed by atoms with Crippen molar-refractivity contribution in [1.82, 2.24) is 0 Å². The van der Waals surface area contributed by atoms with E-state index in [2.05, 4.69) is 0 Å². The second kappa shape index (κ2) is 9.88. The highest BCUT2D eigenvalue weighted by atomic mass is 32.2. The van der Waals surface area contributed by atoms with Crippen LogP contribution in [0.15, 0.2) is 30.3 Å². The summed E-state index contributed by atoms with van der Waals surface area (Å²) in [4.78, 5) is 0. The molecule has 0 radical (unpaired) electrons. The van der Waals surface area contributed by atoms with Crippen molar-refractivity contribution in [2.24, 2.45) is 0 Å². The molecule has 6 heteroatoms. The molecule has 0 saturated heterocycles. The average molecular weight is 302 g/mol. The Balaban J connectivity index is 1.86. The molecule has 0 aliphatic rings. The Morgan fingerprint density at radius 2 is 1.50 bits per heavy atom. The molecule has 0 heterocycles. The highest BCUT2D eigenvalue weighted by Gasteiger charge is 2.02. The van der Waals surface area contributed by atoms with Gasteiger partial charge in [0, 0.05) is 19.8 Å². The molecule has 0 aromatic heterocycles. The van der Waals surface area contributed by atoms with Crippen molar-refractivity contribution >= 4 is 10.1 Å². The molecule has 0 aliphatic carbocycles. The zero-order valence-corrected chi connectivity index (χ0v) is 12.3. The standard InChI is InChI=1S/C14H22O5S/c15-20(16,17)12-6-11-18-9-4-5-10-19-13-14-7-2-1-3-8-14/h1-3,7-8H,4-6,9-13H2,(H,15,16,17). The van der Waals surface area contributed by atoms with Gasteiger partial charge in [-0.15, -0.1) is 0 Å². The molecular formula is C14H22O5S. The van der Waals surface area contributed by atoms with E-state index in [0.717, 1.165) is 18.4 Å². The molecule has 0 amide bonds. The minimum atomic E-state index is -3.86. The highest BCUT2D eigenvalue weighted by molar-refractivity contribution is 7.85. The molecule has 0 atom stereocenters. The summed E-state index contributed by atoms with van der Waals surface area (Å²) in [7, 11) is -3.86. The van der Waals surface area contributed by atoms with Crippen molar-refractivity contribution in [3.63, 3.8) is 0 Å². The average Bonchev–Trinajstić information content (AvgIpc) is 2.41. The van der Waals surface area contributed by atoms with E-state index in [1.807, 2.05) is 30.3 Å². The van der Waals surface area contributed by atoms with Crippen molar-refractivity contribution in [2.45, 2.75) is 25.9 Å². The molecule has 1 aromatic carbocycles. The van der Waals surface area contributed by atoms with E-state index in [4.69, 9.17) is 14.0 Å². The lowest BCUT2D eigenvalue weighted by atomic mass is 10.2. The number of benzene rings is 1. The van der Waals surface area contributed by atoms with Crippen molar-refractivity contribution < 1.29 is 22.4 Å². The molecule has 5 nitrogen and oxygen atoms in total. The maximum Gasteiger partial charge on any atom is 0.264 e. The third-order valence-corrected chi connectivity index (χ3v) is 3.43. The van der Waals surface area contributed by atoms with Crippen molar-refractivity contribution in [2.75, 3.05) is 25.6 Å². The van der Waals surface area contributed by atoms with Gasteiger partial charge in [-0.25, -0.2) is 0 Å². The molecule has 1 N–H and O–H groups in total. The van der Waals surface area contributed by atoms with Crippen LogP contribution in [0.1, 0.15) is 24.8 Å². The minimum Gasteiger partial charge on any atom is -0.381 e. The van der Waals surface area contributed by atoms with Gasteiger partial charge in [-0.05, 0) is 24.8 Å². The summed E-state index contributed by atoms with van der Waals surface area (Å²) in [5.41, 5.74) is 1.16. The normalized spacial score (nSPS) is 11.7. The van der Waals surface area contributed by atoms with E-state index in [0.29, 0.717) is 32.8 Å². The highest BCUT2D eigenvalue weighted by Crippen LogP contribution is 2.01. The Labute approximate surface area is 120 Å². The Bertz CT molecular complexity index is 444. The Morgan fingerprint density at radius 3 is 2.15 bits per heavy atom. The monoisotopic (exact) mass is 302 g/mol. The number of unbranched alkanes of at least 4 members (excludes halogenated alkanes) is 1. The molecule has 0 fully saturated rings. The summed E-state index contributed by atoms with van der Waals surface area (Å²) >= 11 is 0. The topological polar surface area (TPSA) is 72.8 Å². The Hall–Kier alpha value is -0.950. The summed E-state index contributed by atoms with van der Waals surface area (Å²) in [6.45, 7) is 2.24. The van der Waals surface area contributed by atoms with Crippen LogP contribution in [0.5, 0.6) is 0 Å². The summed E-state index contributed by atoms with van der Waals surface area (Å²) < 4.78 is 40.2. The summed E-state index contributed by atoms with van der Waals surface area (Å²) in [6, 6.07) is 10.00. The third-order valence-electron chi connectivity index (χ3n) is 2.63. The second-order valence-corrected chi connectivity index (χ2v) is 6.07. The van der Waals surface area contributed by atoms with Crippen molar-refractivity contribution in [1.29, 1.82) is 0 Å². The van der Waals surface area contributed by atoms with Crippen LogP contribution in [0.3, 0.4) is 0 Å². The first kappa shape index (κ1) is 17.1. The predicted molar refractivity (Wildman–Crippen MR) is 77.2 cm³/mol. The van der Waals surface area contributed by atoms with Crippen LogP contribution >= 0.6 is 0 Å². The van der Waals surface area contributed by atoms with Crippen LogP contribution in [-0.4, -0.2) is 38.5 Å². The first-order valence-electron chi connectivity index (χ1n) is 6.72. The molecular weight excluding hydrogens is 280 g/mol. The van der Waals surface area contributed by atoms with E-state index in [9.17, 15) is 8.42 Å². The number of ether oxygens (including phenoxy) is 2. The molecule has 114 valence electrons. The third kappa shape index (κ3) is 9.91. The maximum atomic E-state index is 10.4. The van der Waals surface area contributed by atoms with E-state index in [1.165, 1.54) is 0 Å². The molecule has 1 aromatic rings. The van der Waals surface area contributed by atoms with E-state index in [1.54, 1.807) is 0 Å². The van der Waals surface area contributed by atoms with Gasteiger partial charge in [-0.2, -0.15) is 8.42 Å². The number of hydrogen-bond acceptors (Lipinski definition) is 4. The Morgan fingerprint density at radius 1 is 0.900 bits per heavy atom. The van der Waals surface area contributed by atoms with Crippen molar-refractivity contribution in [3.8, 4) is 0 Å². The molecule has 20 heavy (non-hydrogen) atoms. The minimum absolute atomic E-state index is 0.243. The molecule has 0 aliphatic heterocycles. The predicted octanol–water partition coefficient (Wildman–Crippen LogP) is 2.28. The lowest BCUT2D eigenvalue weighted by molar-refractivity contribution is 0.0958. The second-order valence-electron chi connectivity index (χ2n) is 4.50. The fourth-order valence-electron chi connectivity index (χ4n) is 1.62. The number of hydrogen-bond donors (Lipinski definition) is 1. The lowest BCUT2D eigenvalue weighted by Crippen LogP contribution is -2.08. The zero-order valence-electron chi connectivity index (χ0n) is 11.5. The van der Waals surface area contributed by atoms with Crippen LogP contribution < -0.4 is 0 Å². The lowest BCUT2D eigenvalue weighted by Gasteiger charge is -2.05. The largest absolute Gasteiger partial charge is 0.381 e. The van der Waals surface area contributed by atoms with Gasteiger partial charge in [0.05, 0.1) is 12.4 Å². The quantitative estimate of drug-likeness (QED) is 0.501. The Kier molecular flexibility index (Phi) is 8.45.